The molecule has 0 amide bonds. The summed E-state index contributed by atoms with van der Waals surface area (Å²) in [6.07, 6.45) is 0.0262. The fraction of sp³-hybridized carbons (Fsp3) is 0.500. The summed E-state index contributed by atoms with van der Waals surface area (Å²) in [5.41, 5.74) is 0. The van der Waals surface area contributed by atoms with E-state index >= 15 is 0 Å². The highest BCUT2D eigenvalue weighted by molar-refractivity contribution is 7.08. The molecule has 3 rings (SSSR count). The number of aliphatic carboxylic acids is 1. The molecule has 1 saturated carbocycles. The Bertz CT molecular complexity index is 510. The number of carboxylic acid groups (broad SMARTS) is 1. The Hall–Kier alpha value is -1.76. The minimum Gasteiger partial charge on any atom is -0.485 e. The average molecular weight is 284 g/mol. The Balaban J connectivity index is 1.46. The third kappa shape index (κ3) is 2.51. The molecule has 2 aliphatic rings. The molecule has 1 aromatic rings. The zero-order valence-corrected chi connectivity index (χ0v) is 10.7. The smallest absolute Gasteiger partial charge is 0.309 e. The van der Waals surface area contributed by atoms with Crippen LogP contribution in [0.5, 0.6) is 11.5 Å². The molecular weight excluding hydrogens is 272 g/mol. The van der Waals surface area contributed by atoms with Crippen LogP contribution in [0.15, 0.2) is 10.8 Å². The number of carbonyl (C=O) groups excluding carboxylic acids is 1. The van der Waals surface area contributed by atoms with Crippen molar-refractivity contribution in [2.45, 2.75) is 12.5 Å². The lowest BCUT2D eigenvalue weighted by Crippen LogP contribution is -2.34. The lowest BCUT2D eigenvalue weighted by molar-refractivity contribution is -0.151. The molecule has 1 fully saturated rings. The molecule has 102 valence electrons. The lowest BCUT2D eigenvalue weighted by Gasteiger charge is -2.24. The van der Waals surface area contributed by atoms with Gasteiger partial charge in [0.2, 0.25) is 0 Å². The van der Waals surface area contributed by atoms with Crippen molar-refractivity contribution >= 4 is 23.3 Å². The molecule has 1 aliphatic carbocycles. The van der Waals surface area contributed by atoms with Crippen molar-refractivity contribution in [2.75, 3.05) is 13.2 Å². The predicted octanol–water partition coefficient (Wildman–Crippen LogP) is 1.15. The van der Waals surface area contributed by atoms with E-state index in [2.05, 4.69) is 0 Å². The topological polar surface area (TPSA) is 82.1 Å². The summed E-state index contributed by atoms with van der Waals surface area (Å²) < 4.78 is 16.1. The number of carboxylic acids is 1. The Labute approximate surface area is 112 Å². The summed E-state index contributed by atoms with van der Waals surface area (Å²) >= 11 is 1.48. The van der Waals surface area contributed by atoms with Gasteiger partial charge in [-0.25, -0.2) is 0 Å². The number of fused-ring (bicyclic) bond motifs is 1. The minimum absolute atomic E-state index is 0.0803. The van der Waals surface area contributed by atoms with E-state index in [-0.39, 0.29) is 12.7 Å². The molecule has 0 bridgehead atoms. The Morgan fingerprint density at radius 3 is 2.89 bits per heavy atom. The maximum absolute atomic E-state index is 11.6. The number of carbonyl (C=O) groups is 2. The number of esters is 1. The van der Waals surface area contributed by atoms with Crippen molar-refractivity contribution in [3.8, 4) is 11.5 Å². The summed E-state index contributed by atoms with van der Waals surface area (Å²) in [6.45, 7) is 0.404. The second-order valence-electron chi connectivity index (χ2n) is 4.57. The van der Waals surface area contributed by atoms with Crippen LogP contribution in [0, 0.1) is 11.8 Å². The van der Waals surface area contributed by atoms with Crippen LogP contribution in [0.3, 0.4) is 0 Å². The van der Waals surface area contributed by atoms with Crippen molar-refractivity contribution in [3.05, 3.63) is 10.8 Å². The highest BCUT2D eigenvalue weighted by Gasteiger charge is 2.49. The summed E-state index contributed by atoms with van der Waals surface area (Å²) in [4.78, 5) is 22.2. The van der Waals surface area contributed by atoms with Crippen molar-refractivity contribution in [2.24, 2.45) is 11.8 Å². The standard InChI is InChI=1S/C12H12O6S/c13-11(14)7-1-8(7)12(15)17-3-6-2-16-9-4-19-5-10(9)18-6/h4-8H,1-3H2,(H,13,14). The SMILES string of the molecule is O=C(O)C1CC1C(=O)OCC1COc2cscc2O1. The third-order valence-corrected chi connectivity index (χ3v) is 3.83. The number of hydrogen-bond acceptors (Lipinski definition) is 6. The van der Waals surface area contributed by atoms with Crippen LogP contribution in [-0.4, -0.2) is 36.4 Å². The largest absolute Gasteiger partial charge is 0.485 e. The van der Waals surface area contributed by atoms with Gasteiger partial charge in [0.1, 0.15) is 13.2 Å². The monoisotopic (exact) mass is 284 g/mol. The Morgan fingerprint density at radius 2 is 2.16 bits per heavy atom. The van der Waals surface area contributed by atoms with Crippen LogP contribution in [0.2, 0.25) is 0 Å². The molecule has 3 unspecified atom stereocenters. The van der Waals surface area contributed by atoms with Crippen molar-refractivity contribution in [1.82, 2.24) is 0 Å². The van der Waals surface area contributed by atoms with E-state index in [4.69, 9.17) is 19.3 Å². The minimum atomic E-state index is -0.942. The molecule has 0 aromatic carbocycles. The van der Waals surface area contributed by atoms with Gasteiger partial charge in [-0.1, -0.05) is 0 Å². The summed E-state index contributed by atoms with van der Waals surface area (Å²) in [7, 11) is 0. The van der Waals surface area contributed by atoms with Crippen LogP contribution in [-0.2, 0) is 14.3 Å². The van der Waals surface area contributed by atoms with Gasteiger partial charge in [0.15, 0.2) is 17.6 Å². The zero-order valence-electron chi connectivity index (χ0n) is 9.90. The molecule has 1 N–H and O–H groups in total. The summed E-state index contributed by atoms with van der Waals surface area (Å²) in [5.74, 6) is -1.12. The van der Waals surface area contributed by atoms with Gasteiger partial charge in [-0.2, -0.15) is 0 Å². The molecule has 1 aromatic heterocycles. The van der Waals surface area contributed by atoms with E-state index in [9.17, 15) is 9.59 Å². The van der Waals surface area contributed by atoms with Gasteiger partial charge in [-0.3, -0.25) is 9.59 Å². The Kier molecular flexibility index (Phi) is 3.06. The van der Waals surface area contributed by atoms with Crippen molar-refractivity contribution in [1.29, 1.82) is 0 Å². The van der Waals surface area contributed by atoms with E-state index < -0.39 is 23.8 Å². The number of thiophene rings is 1. The maximum atomic E-state index is 11.6. The Morgan fingerprint density at radius 1 is 1.37 bits per heavy atom. The third-order valence-electron chi connectivity index (χ3n) is 3.13. The first-order valence-corrected chi connectivity index (χ1v) is 6.84. The highest BCUT2D eigenvalue weighted by atomic mass is 32.1. The van der Waals surface area contributed by atoms with E-state index in [0.717, 1.165) is 0 Å². The fourth-order valence-corrected chi connectivity index (χ4v) is 2.62. The van der Waals surface area contributed by atoms with E-state index in [1.54, 1.807) is 0 Å². The molecule has 6 nitrogen and oxygen atoms in total. The first kappa shape index (κ1) is 12.3. The van der Waals surface area contributed by atoms with Crippen LogP contribution in [0.25, 0.3) is 0 Å². The number of hydrogen-bond donors (Lipinski definition) is 1. The van der Waals surface area contributed by atoms with Crippen LogP contribution >= 0.6 is 11.3 Å². The first-order valence-electron chi connectivity index (χ1n) is 5.90. The van der Waals surface area contributed by atoms with E-state index in [0.29, 0.717) is 24.5 Å². The quantitative estimate of drug-likeness (QED) is 0.835. The van der Waals surface area contributed by atoms with Gasteiger partial charge < -0.3 is 19.3 Å². The van der Waals surface area contributed by atoms with Gasteiger partial charge in [0.05, 0.1) is 11.8 Å². The second-order valence-corrected chi connectivity index (χ2v) is 5.31. The van der Waals surface area contributed by atoms with Crippen LogP contribution in [0.1, 0.15) is 6.42 Å². The molecule has 2 heterocycles. The fourth-order valence-electron chi connectivity index (χ4n) is 1.95. The molecule has 3 atom stereocenters. The highest BCUT2D eigenvalue weighted by Crippen LogP contribution is 2.40. The molecule has 0 radical (unpaired) electrons. The molecule has 19 heavy (non-hydrogen) atoms. The summed E-state index contributed by atoms with van der Waals surface area (Å²) in [6, 6.07) is 0. The normalized spacial score (nSPS) is 27.7. The molecule has 1 aliphatic heterocycles. The molecular formula is C12H12O6S. The van der Waals surface area contributed by atoms with E-state index in [1.807, 2.05) is 10.8 Å². The zero-order chi connectivity index (χ0) is 13.4. The van der Waals surface area contributed by atoms with Crippen molar-refractivity contribution in [3.63, 3.8) is 0 Å². The van der Waals surface area contributed by atoms with Gasteiger partial charge in [0.25, 0.3) is 0 Å². The molecule has 7 heteroatoms. The van der Waals surface area contributed by atoms with Crippen molar-refractivity contribution < 1.29 is 28.9 Å². The van der Waals surface area contributed by atoms with Crippen LogP contribution in [0.4, 0.5) is 0 Å². The first-order chi connectivity index (χ1) is 9.15. The number of ether oxygens (including phenoxy) is 3. The second kappa shape index (κ2) is 4.73. The summed E-state index contributed by atoms with van der Waals surface area (Å²) in [5, 5.41) is 12.4. The molecule has 0 saturated heterocycles. The van der Waals surface area contributed by atoms with Gasteiger partial charge in [0, 0.05) is 10.8 Å². The van der Waals surface area contributed by atoms with Gasteiger partial charge in [-0.05, 0) is 6.42 Å². The maximum Gasteiger partial charge on any atom is 0.309 e. The lowest BCUT2D eigenvalue weighted by atomic mass is 10.3. The van der Waals surface area contributed by atoms with Crippen LogP contribution < -0.4 is 9.47 Å². The van der Waals surface area contributed by atoms with E-state index in [1.165, 1.54) is 11.3 Å². The number of rotatable bonds is 4. The average Bonchev–Trinajstić information content (AvgIpc) is 3.07. The van der Waals surface area contributed by atoms with Gasteiger partial charge >= 0.3 is 11.9 Å². The molecule has 0 spiro atoms. The predicted molar refractivity (Wildman–Crippen MR) is 64.4 cm³/mol. The van der Waals surface area contributed by atoms with Gasteiger partial charge in [-0.15, -0.1) is 11.3 Å².